The number of nitrogens with one attached hydrogen (secondary N) is 1. The zero-order valence-corrected chi connectivity index (χ0v) is 17.9. The molecular weight excluding hydrogens is 396 g/mol. The smallest absolute Gasteiger partial charge is 0.235 e. The lowest BCUT2D eigenvalue weighted by Gasteiger charge is -2.19. The van der Waals surface area contributed by atoms with E-state index in [1.165, 1.54) is 0 Å². The maximum atomic E-state index is 12.3. The fourth-order valence-corrected chi connectivity index (χ4v) is 4.07. The lowest BCUT2D eigenvalue weighted by atomic mass is 9.90. The molecule has 1 aliphatic heterocycles. The highest BCUT2D eigenvalue weighted by Crippen LogP contribution is 2.36. The summed E-state index contributed by atoms with van der Waals surface area (Å²) >= 11 is 0. The van der Waals surface area contributed by atoms with E-state index in [0.29, 0.717) is 24.3 Å². The summed E-state index contributed by atoms with van der Waals surface area (Å²) in [5, 5.41) is 9.21. The van der Waals surface area contributed by atoms with Crippen molar-refractivity contribution in [1.29, 1.82) is 0 Å². The zero-order chi connectivity index (χ0) is 22.1. The number of fused-ring (bicyclic) bond motifs is 3. The topological polar surface area (TPSA) is 98.5 Å². The van der Waals surface area contributed by atoms with Gasteiger partial charge >= 0.3 is 0 Å². The van der Waals surface area contributed by atoms with Crippen molar-refractivity contribution in [3.05, 3.63) is 36.0 Å². The Bertz CT molecular complexity index is 1170. The maximum Gasteiger partial charge on any atom is 0.235 e. The molecule has 3 aromatic rings. The largest absolute Gasteiger partial charge is 0.494 e. The van der Waals surface area contributed by atoms with Crippen LogP contribution in [0.1, 0.15) is 51.6 Å². The molecule has 1 aliphatic rings. The third-order valence-electron chi connectivity index (χ3n) is 6.36. The minimum absolute atomic E-state index is 0.0211. The van der Waals surface area contributed by atoms with Crippen LogP contribution in [0.3, 0.4) is 0 Å². The van der Waals surface area contributed by atoms with Crippen LogP contribution in [0.15, 0.2) is 34.9 Å². The van der Waals surface area contributed by atoms with Crippen molar-refractivity contribution in [2.75, 3.05) is 6.61 Å². The Morgan fingerprint density at radius 1 is 1.26 bits per heavy atom. The standard InChI is InChI=1S/C24H26N2O5/c1-13(14(2)15(3)27)10-11-30-17-5-6-18-16(12-17)4-8-20-22(18)23(26-31-20)19-7-9-21(28)25-24(19)29/h4-6,8,12-14,19H,7,9-11H2,1-3H3,(H,25,28,29)/t13-,14?,19?/m0/s1. The van der Waals surface area contributed by atoms with Crippen molar-refractivity contribution in [3.8, 4) is 5.75 Å². The summed E-state index contributed by atoms with van der Waals surface area (Å²) in [6.07, 6.45) is 1.50. The molecule has 1 aromatic heterocycles. The van der Waals surface area contributed by atoms with Crippen LogP contribution in [0.2, 0.25) is 0 Å². The van der Waals surface area contributed by atoms with E-state index in [1.54, 1.807) is 6.92 Å². The van der Waals surface area contributed by atoms with Crippen molar-refractivity contribution in [3.63, 3.8) is 0 Å². The quantitative estimate of drug-likeness (QED) is 0.575. The molecule has 2 heterocycles. The first-order valence-corrected chi connectivity index (χ1v) is 10.6. The summed E-state index contributed by atoms with van der Waals surface area (Å²) in [4.78, 5) is 35.4. The van der Waals surface area contributed by atoms with Crippen LogP contribution in [0.5, 0.6) is 5.75 Å². The molecule has 0 radical (unpaired) electrons. The average molecular weight is 422 g/mol. The van der Waals surface area contributed by atoms with E-state index in [1.807, 2.05) is 37.3 Å². The van der Waals surface area contributed by atoms with E-state index in [-0.39, 0.29) is 35.9 Å². The lowest BCUT2D eigenvalue weighted by molar-refractivity contribution is -0.134. The van der Waals surface area contributed by atoms with Gasteiger partial charge in [-0.05, 0) is 60.7 Å². The molecule has 31 heavy (non-hydrogen) atoms. The number of nitrogens with zero attached hydrogens (tertiary/aromatic N) is 1. The number of imide groups is 1. The van der Waals surface area contributed by atoms with E-state index < -0.39 is 5.92 Å². The number of benzene rings is 2. The lowest BCUT2D eigenvalue weighted by Crippen LogP contribution is -2.39. The number of carbonyl (C=O) groups excluding carboxylic acids is 3. The highest BCUT2D eigenvalue weighted by atomic mass is 16.5. The molecule has 0 spiro atoms. The second kappa shape index (κ2) is 8.49. The zero-order valence-electron chi connectivity index (χ0n) is 17.9. The summed E-state index contributed by atoms with van der Waals surface area (Å²) in [7, 11) is 0. The molecule has 0 bridgehead atoms. The Hall–Kier alpha value is -3.22. The SMILES string of the molecule is CC(=O)C(C)[C@@H](C)CCOc1ccc2c(ccc3onc(C4CCC(=O)NC4=O)c32)c1. The highest BCUT2D eigenvalue weighted by Gasteiger charge is 2.32. The molecule has 7 heteroatoms. The van der Waals surface area contributed by atoms with E-state index >= 15 is 0 Å². The van der Waals surface area contributed by atoms with Gasteiger partial charge in [-0.3, -0.25) is 19.7 Å². The van der Waals surface area contributed by atoms with Crippen LogP contribution < -0.4 is 10.1 Å². The van der Waals surface area contributed by atoms with Gasteiger partial charge in [0.2, 0.25) is 11.8 Å². The molecule has 0 aliphatic carbocycles. The van der Waals surface area contributed by atoms with Crippen molar-refractivity contribution in [2.24, 2.45) is 11.8 Å². The van der Waals surface area contributed by atoms with Gasteiger partial charge in [0.05, 0.1) is 17.9 Å². The first kappa shape index (κ1) is 21.0. The second-order valence-electron chi connectivity index (χ2n) is 8.41. The molecule has 162 valence electrons. The van der Waals surface area contributed by atoms with Crippen molar-refractivity contribution < 1.29 is 23.6 Å². The molecule has 2 unspecified atom stereocenters. The van der Waals surface area contributed by atoms with Crippen molar-refractivity contribution >= 4 is 39.3 Å². The molecule has 1 N–H and O–H groups in total. The van der Waals surface area contributed by atoms with Crippen LogP contribution in [-0.4, -0.2) is 29.4 Å². The van der Waals surface area contributed by atoms with E-state index in [2.05, 4.69) is 17.4 Å². The summed E-state index contributed by atoms with van der Waals surface area (Å²) < 4.78 is 11.4. The molecular formula is C24H26N2O5. The third-order valence-corrected chi connectivity index (χ3v) is 6.36. The van der Waals surface area contributed by atoms with Crippen LogP contribution in [-0.2, 0) is 14.4 Å². The minimum Gasteiger partial charge on any atom is -0.494 e. The van der Waals surface area contributed by atoms with Crippen molar-refractivity contribution in [2.45, 2.75) is 46.0 Å². The fraction of sp³-hybridized carbons (Fsp3) is 0.417. The van der Waals surface area contributed by atoms with Gasteiger partial charge in [-0.15, -0.1) is 0 Å². The normalized spacial score (nSPS) is 18.7. The van der Waals surface area contributed by atoms with Gasteiger partial charge in [0.1, 0.15) is 17.2 Å². The Morgan fingerprint density at radius 2 is 2.06 bits per heavy atom. The number of Topliss-reactive ketones (excluding diaryl/α,β-unsaturated/α-hetero) is 1. The van der Waals surface area contributed by atoms with Crippen LogP contribution in [0, 0.1) is 11.8 Å². The number of hydrogen-bond acceptors (Lipinski definition) is 6. The van der Waals surface area contributed by atoms with Crippen LogP contribution in [0.4, 0.5) is 0 Å². The third kappa shape index (κ3) is 4.17. The van der Waals surface area contributed by atoms with Gasteiger partial charge in [0.25, 0.3) is 0 Å². The van der Waals surface area contributed by atoms with E-state index in [0.717, 1.165) is 28.3 Å². The monoisotopic (exact) mass is 422 g/mol. The Balaban J connectivity index is 1.57. The minimum atomic E-state index is -0.509. The van der Waals surface area contributed by atoms with E-state index in [4.69, 9.17) is 9.26 Å². The van der Waals surface area contributed by atoms with Crippen molar-refractivity contribution in [1.82, 2.24) is 10.5 Å². The number of ether oxygens (including phenoxy) is 1. The molecule has 1 saturated heterocycles. The first-order valence-electron chi connectivity index (χ1n) is 10.6. The van der Waals surface area contributed by atoms with Crippen LogP contribution in [0.25, 0.3) is 21.7 Å². The first-order chi connectivity index (χ1) is 14.8. The molecule has 0 saturated carbocycles. The summed E-state index contributed by atoms with van der Waals surface area (Å²) in [5.74, 6) is 0.116. The number of piperidine rings is 1. The predicted octanol–water partition coefficient (Wildman–Crippen LogP) is 4.13. The molecule has 4 rings (SSSR count). The molecule has 3 atom stereocenters. The fourth-order valence-electron chi connectivity index (χ4n) is 4.07. The maximum absolute atomic E-state index is 12.3. The Labute approximate surface area is 180 Å². The number of hydrogen-bond donors (Lipinski definition) is 1. The average Bonchev–Trinajstić information content (AvgIpc) is 3.17. The van der Waals surface area contributed by atoms with Gasteiger partial charge in [-0.2, -0.15) is 0 Å². The number of rotatable bonds is 7. The summed E-state index contributed by atoms with van der Waals surface area (Å²) in [6, 6.07) is 9.56. The van der Waals surface area contributed by atoms with Gasteiger partial charge < -0.3 is 9.26 Å². The Kier molecular flexibility index (Phi) is 5.76. The number of ketones is 1. The summed E-state index contributed by atoms with van der Waals surface area (Å²) in [6.45, 7) is 6.17. The van der Waals surface area contributed by atoms with Gasteiger partial charge in [-0.1, -0.05) is 25.1 Å². The molecule has 1 fully saturated rings. The molecule has 7 nitrogen and oxygen atoms in total. The second-order valence-corrected chi connectivity index (χ2v) is 8.41. The highest BCUT2D eigenvalue weighted by molar-refractivity contribution is 6.10. The number of carbonyl (C=O) groups is 3. The van der Waals surface area contributed by atoms with Gasteiger partial charge in [0.15, 0.2) is 5.58 Å². The van der Waals surface area contributed by atoms with Crippen LogP contribution >= 0.6 is 0 Å². The van der Waals surface area contributed by atoms with Gasteiger partial charge in [-0.25, -0.2) is 0 Å². The number of amides is 2. The number of aromatic nitrogens is 1. The molecule has 2 amide bonds. The van der Waals surface area contributed by atoms with Gasteiger partial charge in [0, 0.05) is 12.3 Å². The Morgan fingerprint density at radius 3 is 2.81 bits per heavy atom. The predicted molar refractivity (Wildman–Crippen MR) is 116 cm³/mol. The van der Waals surface area contributed by atoms with E-state index in [9.17, 15) is 14.4 Å². The summed E-state index contributed by atoms with van der Waals surface area (Å²) in [5.41, 5.74) is 1.17. The molecule has 2 aromatic carbocycles.